The summed E-state index contributed by atoms with van der Waals surface area (Å²) >= 11 is 0. The number of nitrogens with zero attached hydrogens (tertiary/aromatic N) is 4. The van der Waals surface area contributed by atoms with E-state index < -0.39 is 11.9 Å². The van der Waals surface area contributed by atoms with Gasteiger partial charge in [0.1, 0.15) is 0 Å². The maximum absolute atomic E-state index is 13.3. The summed E-state index contributed by atoms with van der Waals surface area (Å²) < 4.78 is 41.1. The SMILES string of the molecule is C=C/C=C(\C=C/N)N(C)C(=O)c1ccc(-n2nc(C(F)(F)F)cc2-c2cccnc2)cc1. The lowest BCUT2D eigenvalue weighted by Gasteiger charge is -2.18. The van der Waals surface area contributed by atoms with E-state index in [-0.39, 0.29) is 11.6 Å². The molecule has 0 fully saturated rings. The van der Waals surface area contributed by atoms with Crippen LogP contribution in [0.4, 0.5) is 13.2 Å². The molecule has 9 heteroatoms. The van der Waals surface area contributed by atoms with Crippen LogP contribution in [0.3, 0.4) is 0 Å². The number of rotatable bonds is 6. The minimum atomic E-state index is -4.61. The molecule has 164 valence electrons. The average molecular weight is 439 g/mol. The second-order valence-electron chi connectivity index (χ2n) is 6.66. The summed E-state index contributed by atoms with van der Waals surface area (Å²) in [5, 5.41) is 3.74. The Hall–Kier alpha value is -4.14. The van der Waals surface area contributed by atoms with Crippen LogP contribution in [0.2, 0.25) is 0 Å². The molecule has 0 spiro atoms. The number of aromatic nitrogens is 3. The summed E-state index contributed by atoms with van der Waals surface area (Å²) in [6, 6.07) is 10.3. The fourth-order valence-electron chi connectivity index (χ4n) is 2.99. The number of halogens is 3. The highest BCUT2D eigenvalue weighted by atomic mass is 19.4. The first-order chi connectivity index (χ1) is 15.3. The van der Waals surface area contributed by atoms with Crippen molar-refractivity contribution in [1.29, 1.82) is 0 Å². The van der Waals surface area contributed by atoms with Crippen molar-refractivity contribution >= 4 is 5.91 Å². The summed E-state index contributed by atoms with van der Waals surface area (Å²) in [5.41, 5.74) is 6.33. The molecule has 0 bridgehead atoms. The van der Waals surface area contributed by atoms with Gasteiger partial charge in [0.2, 0.25) is 0 Å². The van der Waals surface area contributed by atoms with Gasteiger partial charge in [-0.3, -0.25) is 9.78 Å². The maximum atomic E-state index is 13.3. The zero-order valence-corrected chi connectivity index (χ0v) is 17.1. The van der Waals surface area contributed by atoms with Crippen LogP contribution in [0.15, 0.2) is 91.6 Å². The van der Waals surface area contributed by atoms with E-state index in [1.807, 2.05) is 0 Å². The molecule has 0 aliphatic heterocycles. The van der Waals surface area contributed by atoms with Gasteiger partial charge in [-0.25, -0.2) is 4.68 Å². The molecule has 0 radical (unpaired) electrons. The van der Waals surface area contributed by atoms with Gasteiger partial charge in [-0.2, -0.15) is 18.3 Å². The lowest BCUT2D eigenvalue weighted by atomic mass is 10.1. The standard InChI is InChI=1S/C23H20F3N5O/c1-3-5-18(11-12-27)30(2)22(32)16-7-9-19(10-8-16)31-20(17-6-4-13-28-15-17)14-21(29-31)23(24,25)26/h3-15H,1,27H2,2H3/b12-11-,18-5+. The number of nitrogens with two attached hydrogens (primary N) is 1. The number of carbonyl (C=O) groups is 1. The van der Waals surface area contributed by atoms with Gasteiger partial charge < -0.3 is 10.6 Å². The third-order valence-electron chi connectivity index (χ3n) is 4.56. The van der Waals surface area contributed by atoms with Crippen molar-refractivity contribution in [3.05, 3.63) is 103 Å². The molecular weight excluding hydrogens is 419 g/mol. The summed E-state index contributed by atoms with van der Waals surface area (Å²) in [5.74, 6) is -0.327. The first-order valence-corrected chi connectivity index (χ1v) is 9.43. The molecule has 3 aromatic rings. The van der Waals surface area contributed by atoms with Crippen LogP contribution < -0.4 is 5.73 Å². The zero-order valence-electron chi connectivity index (χ0n) is 17.1. The van der Waals surface area contributed by atoms with Crippen LogP contribution in [-0.4, -0.2) is 32.6 Å². The lowest BCUT2D eigenvalue weighted by Crippen LogP contribution is -2.25. The van der Waals surface area contributed by atoms with Crippen molar-refractivity contribution in [2.24, 2.45) is 5.73 Å². The number of benzene rings is 1. The quantitative estimate of drug-likeness (QED) is 0.571. The second kappa shape index (κ2) is 9.34. The van der Waals surface area contributed by atoms with Gasteiger partial charge in [0.05, 0.1) is 11.4 Å². The van der Waals surface area contributed by atoms with E-state index in [0.717, 1.165) is 6.07 Å². The molecule has 0 aliphatic rings. The molecule has 0 aliphatic carbocycles. The Labute approximate surface area is 182 Å². The molecule has 32 heavy (non-hydrogen) atoms. The van der Waals surface area contributed by atoms with Gasteiger partial charge in [-0.1, -0.05) is 12.7 Å². The highest BCUT2D eigenvalue weighted by Gasteiger charge is 2.35. The Morgan fingerprint density at radius 1 is 1.22 bits per heavy atom. The summed E-state index contributed by atoms with van der Waals surface area (Å²) in [6.07, 6.45) is 4.38. The number of amides is 1. The highest BCUT2D eigenvalue weighted by molar-refractivity contribution is 5.95. The second-order valence-corrected chi connectivity index (χ2v) is 6.66. The van der Waals surface area contributed by atoms with Crippen LogP contribution in [0.1, 0.15) is 16.1 Å². The Morgan fingerprint density at radius 3 is 2.50 bits per heavy atom. The minimum Gasteiger partial charge on any atom is -0.405 e. The first kappa shape index (κ1) is 22.5. The predicted octanol–water partition coefficient (Wildman–Crippen LogP) is 4.57. The van der Waals surface area contributed by atoms with Gasteiger partial charge in [0.25, 0.3) is 5.91 Å². The van der Waals surface area contributed by atoms with Crippen LogP contribution >= 0.6 is 0 Å². The van der Waals surface area contributed by atoms with E-state index in [9.17, 15) is 18.0 Å². The van der Waals surface area contributed by atoms with Crippen LogP contribution in [-0.2, 0) is 6.18 Å². The summed E-state index contributed by atoms with van der Waals surface area (Å²) in [4.78, 5) is 18.2. The van der Waals surface area contributed by atoms with Gasteiger partial charge in [-0.05, 0) is 60.8 Å². The van der Waals surface area contributed by atoms with Crippen molar-refractivity contribution in [3.63, 3.8) is 0 Å². The Bertz CT molecular complexity index is 1160. The molecule has 3 rings (SSSR count). The fourth-order valence-corrected chi connectivity index (χ4v) is 2.99. The van der Waals surface area contributed by atoms with E-state index in [1.54, 1.807) is 31.3 Å². The van der Waals surface area contributed by atoms with E-state index in [1.165, 1.54) is 58.5 Å². The van der Waals surface area contributed by atoms with Crippen molar-refractivity contribution < 1.29 is 18.0 Å². The third kappa shape index (κ3) is 4.77. The smallest absolute Gasteiger partial charge is 0.405 e. The van der Waals surface area contributed by atoms with Gasteiger partial charge in [0, 0.05) is 36.3 Å². The molecule has 0 atom stereocenters. The normalized spacial score (nSPS) is 12.2. The number of carbonyl (C=O) groups excluding carboxylic acids is 1. The van der Waals surface area contributed by atoms with Gasteiger partial charge in [-0.15, -0.1) is 0 Å². The van der Waals surface area contributed by atoms with Crippen molar-refractivity contribution in [3.8, 4) is 16.9 Å². The fraction of sp³-hybridized carbons (Fsp3) is 0.0870. The molecule has 6 nitrogen and oxygen atoms in total. The summed E-state index contributed by atoms with van der Waals surface area (Å²) in [7, 11) is 1.58. The van der Waals surface area contributed by atoms with Crippen LogP contribution in [0, 0.1) is 0 Å². The lowest BCUT2D eigenvalue weighted by molar-refractivity contribution is -0.141. The molecule has 0 saturated heterocycles. The average Bonchev–Trinajstić information content (AvgIpc) is 3.25. The number of hydrogen-bond acceptors (Lipinski definition) is 4. The molecule has 0 saturated carbocycles. The number of pyridine rings is 1. The van der Waals surface area contributed by atoms with Crippen LogP contribution in [0.5, 0.6) is 0 Å². The Balaban J connectivity index is 1.99. The molecule has 2 heterocycles. The van der Waals surface area contributed by atoms with Crippen molar-refractivity contribution in [1.82, 2.24) is 19.7 Å². The van der Waals surface area contributed by atoms with E-state index in [4.69, 9.17) is 5.73 Å². The largest absolute Gasteiger partial charge is 0.435 e. The van der Waals surface area contributed by atoms with Gasteiger partial charge >= 0.3 is 6.18 Å². The van der Waals surface area contributed by atoms with Crippen molar-refractivity contribution in [2.75, 3.05) is 7.05 Å². The molecule has 1 aromatic carbocycles. The highest BCUT2D eigenvalue weighted by Crippen LogP contribution is 2.33. The molecule has 0 unspecified atom stereocenters. The van der Waals surface area contributed by atoms with E-state index in [2.05, 4.69) is 16.7 Å². The molecule has 2 aromatic heterocycles. The zero-order chi connectivity index (χ0) is 23.3. The molecular formula is C23H20F3N5O. The van der Waals surface area contributed by atoms with E-state index in [0.29, 0.717) is 22.5 Å². The van der Waals surface area contributed by atoms with Gasteiger partial charge in [0.15, 0.2) is 5.69 Å². The van der Waals surface area contributed by atoms with E-state index >= 15 is 0 Å². The van der Waals surface area contributed by atoms with Crippen molar-refractivity contribution in [2.45, 2.75) is 6.18 Å². The number of hydrogen-bond donors (Lipinski definition) is 1. The Kier molecular flexibility index (Phi) is 6.58. The molecule has 1 amide bonds. The number of alkyl halides is 3. The summed E-state index contributed by atoms with van der Waals surface area (Å²) in [6.45, 7) is 3.61. The number of likely N-dealkylation sites (N-methyl/N-ethyl adjacent to an activating group) is 1. The Morgan fingerprint density at radius 2 is 1.94 bits per heavy atom. The predicted molar refractivity (Wildman–Crippen MR) is 115 cm³/mol. The minimum absolute atomic E-state index is 0.228. The first-order valence-electron chi connectivity index (χ1n) is 9.43. The molecule has 2 N–H and O–H groups in total. The third-order valence-corrected chi connectivity index (χ3v) is 4.56. The maximum Gasteiger partial charge on any atom is 0.435 e. The number of allylic oxidation sites excluding steroid dienone is 3. The topological polar surface area (TPSA) is 77.0 Å². The van der Waals surface area contributed by atoms with Crippen LogP contribution in [0.25, 0.3) is 16.9 Å². The monoisotopic (exact) mass is 439 g/mol.